The fourth-order valence-electron chi connectivity index (χ4n) is 5.33. The largest absolute Gasteiger partial charge is 0.416 e. The zero-order valence-electron chi connectivity index (χ0n) is 25.1. The molecule has 1 aliphatic heterocycles. The van der Waals surface area contributed by atoms with Gasteiger partial charge in [-0.1, -0.05) is 29.8 Å². The number of nitrogens with zero attached hydrogens (tertiary/aromatic N) is 3. The number of hydrogen-bond donors (Lipinski definition) is 1. The van der Waals surface area contributed by atoms with Crippen LogP contribution in [0.3, 0.4) is 0 Å². The van der Waals surface area contributed by atoms with Crippen molar-refractivity contribution in [2.24, 2.45) is 0 Å². The van der Waals surface area contributed by atoms with Crippen molar-refractivity contribution >= 4 is 34.8 Å². The van der Waals surface area contributed by atoms with Gasteiger partial charge in [0.05, 0.1) is 28.4 Å². The zero-order valence-corrected chi connectivity index (χ0v) is 25.9. The highest BCUT2D eigenvalue weighted by atomic mass is 35.5. The minimum absolute atomic E-state index is 0.0354. The fraction of sp³-hybridized carbons (Fsp3) is 0.406. The molecule has 45 heavy (non-hydrogen) atoms. The van der Waals surface area contributed by atoms with E-state index in [-0.39, 0.29) is 23.6 Å². The zero-order chi connectivity index (χ0) is 33.3. The first kappa shape index (κ1) is 34.2. The number of benzene rings is 2. The van der Waals surface area contributed by atoms with Crippen LogP contribution in [-0.2, 0) is 27.4 Å². The van der Waals surface area contributed by atoms with Gasteiger partial charge in [-0.3, -0.25) is 9.59 Å². The SMILES string of the molecule is CC(=O)CCNC1CCN(c2cc(-c3ccccc3Cl)c(N(C)C(=O)C(C)(C)c3cc(C(F)(F)F)cc(C(F)(F)F)c3)cn2)C1. The molecule has 2 heterocycles. The first-order chi connectivity index (χ1) is 20.9. The molecular formula is C32H33ClF6N4O2. The minimum atomic E-state index is -5.06. The summed E-state index contributed by atoms with van der Waals surface area (Å²) in [5.74, 6) is -0.0688. The van der Waals surface area contributed by atoms with E-state index in [0.717, 1.165) is 6.42 Å². The molecule has 1 aromatic heterocycles. The van der Waals surface area contributed by atoms with Gasteiger partial charge in [0.25, 0.3) is 0 Å². The molecule has 0 spiro atoms. The van der Waals surface area contributed by atoms with Crippen molar-refractivity contribution in [3.63, 3.8) is 0 Å². The third kappa shape index (κ3) is 7.78. The molecule has 1 fully saturated rings. The highest BCUT2D eigenvalue weighted by Crippen LogP contribution is 2.42. The molecule has 1 N–H and O–H groups in total. The average Bonchev–Trinajstić information content (AvgIpc) is 3.44. The maximum absolute atomic E-state index is 13.9. The van der Waals surface area contributed by atoms with Crippen LogP contribution in [0.15, 0.2) is 54.7 Å². The van der Waals surface area contributed by atoms with Gasteiger partial charge in [-0.2, -0.15) is 26.3 Å². The van der Waals surface area contributed by atoms with Crippen molar-refractivity contribution in [3.8, 4) is 11.1 Å². The van der Waals surface area contributed by atoms with Crippen molar-refractivity contribution < 1.29 is 35.9 Å². The van der Waals surface area contributed by atoms with Crippen molar-refractivity contribution in [1.82, 2.24) is 10.3 Å². The number of alkyl halides is 6. The number of anilines is 2. The van der Waals surface area contributed by atoms with E-state index >= 15 is 0 Å². The number of likely N-dealkylation sites (N-methyl/N-ethyl adjacent to an activating group) is 1. The van der Waals surface area contributed by atoms with Gasteiger partial charge in [-0.05, 0) is 63.1 Å². The highest BCUT2D eigenvalue weighted by molar-refractivity contribution is 6.33. The lowest BCUT2D eigenvalue weighted by atomic mass is 9.81. The molecule has 4 rings (SSSR count). The molecule has 2 aromatic carbocycles. The number of carbonyl (C=O) groups is 2. The van der Waals surface area contributed by atoms with Crippen LogP contribution in [-0.4, -0.2) is 49.4 Å². The van der Waals surface area contributed by atoms with Gasteiger partial charge < -0.3 is 15.1 Å². The standard InChI is InChI=1S/C32H33ClF6N4O2/c1-19(44)9-11-40-23-10-12-43(18-23)28-16-25(24-7-5-6-8-26(24)33)27(17-41-28)42(4)29(45)30(2,3)20-13-21(31(34,35)36)15-22(14-20)32(37,38)39/h5-8,13-17,23,40H,9-12,18H2,1-4H3. The number of pyridine rings is 1. The van der Waals surface area contributed by atoms with E-state index in [4.69, 9.17) is 11.6 Å². The minimum Gasteiger partial charge on any atom is -0.355 e. The van der Waals surface area contributed by atoms with Crippen LogP contribution in [0.1, 0.15) is 50.3 Å². The second kappa shape index (κ2) is 13.0. The fourth-order valence-corrected chi connectivity index (χ4v) is 5.57. The van der Waals surface area contributed by atoms with E-state index in [1.807, 2.05) is 4.90 Å². The highest BCUT2D eigenvalue weighted by Gasteiger charge is 2.41. The molecule has 0 saturated carbocycles. The van der Waals surface area contributed by atoms with Crippen LogP contribution in [0.5, 0.6) is 0 Å². The van der Waals surface area contributed by atoms with E-state index in [1.54, 1.807) is 30.3 Å². The predicted molar refractivity (Wildman–Crippen MR) is 161 cm³/mol. The smallest absolute Gasteiger partial charge is 0.355 e. The lowest BCUT2D eigenvalue weighted by molar-refractivity contribution is -0.143. The topological polar surface area (TPSA) is 65.5 Å². The maximum atomic E-state index is 13.9. The van der Waals surface area contributed by atoms with Gasteiger partial charge in [0.1, 0.15) is 11.6 Å². The molecule has 0 aliphatic carbocycles. The molecule has 0 radical (unpaired) electrons. The van der Waals surface area contributed by atoms with Gasteiger partial charge in [0.2, 0.25) is 5.91 Å². The van der Waals surface area contributed by atoms with Gasteiger partial charge in [0, 0.05) is 55.3 Å². The molecule has 1 atom stereocenters. The van der Waals surface area contributed by atoms with Gasteiger partial charge >= 0.3 is 12.4 Å². The summed E-state index contributed by atoms with van der Waals surface area (Å²) >= 11 is 6.55. The molecule has 242 valence electrons. The first-order valence-corrected chi connectivity index (χ1v) is 14.6. The predicted octanol–water partition coefficient (Wildman–Crippen LogP) is 7.53. The summed E-state index contributed by atoms with van der Waals surface area (Å²) in [5, 5.41) is 3.74. The Labute approximate surface area is 262 Å². The summed E-state index contributed by atoms with van der Waals surface area (Å²) in [6.07, 6.45) is -7.43. The lowest BCUT2D eigenvalue weighted by Crippen LogP contribution is -2.42. The first-order valence-electron chi connectivity index (χ1n) is 14.2. The molecule has 6 nitrogen and oxygen atoms in total. The molecule has 1 amide bonds. The molecular weight excluding hydrogens is 622 g/mol. The summed E-state index contributed by atoms with van der Waals surface area (Å²) in [7, 11) is 1.39. The summed E-state index contributed by atoms with van der Waals surface area (Å²) in [5.41, 5.74) is -3.92. The number of nitrogens with one attached hydrogen (secondary N) is 1. The number of Topliss-reactive ketones (excluding diaryl/α,β-unsaturated/α-hetero) is 1. The van der Waals surface area contributed by atoms with E-state index in [2.05, 4.69) is 10.3 Å². The molecule has 13 heteroatoms. The van der Waals surface area contributed by atoms with Crippen LogP contribution >= 0.6 is 11.6 Å². The molecule has 1 unspecified atom stereocenters. The Bertz CT molecular complexity index is 1540. The maximum Gasteiger partial charge on any atom is 0.416 e. The van der Waals surface area contributed by atoms with E-state index in [0.29, 0.717) is 60.2 Å². The second-order valence-electron chi connectivity index (χ2n) is 11.7. The van der Waals surface area contributed by atoms with Crippen molar-refractivity contribution in [2.45, 2.75) is 57.4 Å². The summed E-state index contributed by atoms with van der Waals surface area (Å²) in [6, 6.07) is 9.97. The van der Waals surface area contributed by atoms with Crippen LogP contribution in [0, 0.1) is 0 Å². The lowest BCUT2D eigenvalue weighted by Gasteiger charge is -2.32. The molecule has 1 saturated heterocycles. The van der Waals surface area contributed by atoms with Crippen molar-refractivity contribution in [3.05, 3.63) is 76.4 Å². The third-order valence-corrected chi connectivity index (χ3v) is 8.29. The van der Waals surface area contributed by atoms with Crippen LogP contribution in [0.25, 0.3) is 11.1 Å². The van der Waals surface area contributed by atoms with E-state index in [9.17, 15) is 35.9 Å². The number of amides is 1. The molecule has 3 aromatic rings. The second-order valence-corrected chi connectivity index (χ2v) is 12.1. The van der Waals surface area contributed by atoms with Crippen LogP contribution in [0.2, 0.25) is 5.02 Å². The number of rotatable bonds is 9. The Balaban J connectivity index is 1.72. The normalized spacial score (nSPS) is 15.8. The van der Waals surface area contributed by atoms with Crippen molar-refractivity contribution in [1.29, 1.82) is 0 Å². The van der Waals surface area contributed by atoms with Crippen LogP contribution in [0.4, 0.5) is 37.8 Å². The summed E-state index contributed by atoms with van der Waals surface area (Å²) < 4.78 is 81.6. The molecule has 1 aliphatic rings. The number of halogens is 7. The Morgan fingerprint density at radius 1 is 0.978 bits per heavy atom. The third-order valence-electron chi connectivity index (χ3n) is 7.96. The van der Waals surface area contributed by atoms with E-state index < -0.39 is 40.4 Å². The monoisotopic (exact) mass is 654 g/mol. The Morgan fingerprint density at radius 3 is 2.16 bits per heavy atom. The van der Waals surface area contributed by atoms with E-state index in [1.165, 1.54) is 38.9 Å². The van der Waals surface area contributed by atoms with Gasteiger partial charge in [-0.15, -0.1) is 0 Å². The molecule has 0 bridgehead atoms. The number of aromatic nitrogens is 1. The van der Waals surface area contributed by atoms with Gasteiger partial charge in [-0.25, -0.2) is 4.98 Å². The summed E-state index contributed by atoms with van der Waals surface area (Å²) in [6.45, 7) is 5.94. The Hall–Kier alpha value is -3.64. The quantitative estimate of drug-likeness (QED) is 0.242. The number of ketones is 1. The Morgan fingerprint density at radius 2 is 1.58 bits per heavy atom. The van der Waals surface area contributed by atoms with Crippen LogP contribution < -0.4 is 15.1 Å². The summed E-state index contributed by atoms with van der Waals surface area (Å²) in [4.78, 5) is 33.1. The Kier molecular flexibility index (Phi) is 9.89. The number of hydrogen-bond acceptors (Lipinski definition) is 5. The van der Waals surface area contributed by atoms with Gasteiger partial charge in [0.15, 0.2) is 0 Å². The average molecular weight is 655 g/mol. The van der Waals surface area contributed by atoms with Crippen molar-refractivity contribution in [2.75, 3.05) is 36.5 Å². The number of carbonyl (C=O) groups excluding carboxylic acids is 2.